The van der Waals surface area contributed by atoms with E-state index < -0.39 is 16.9 Å². The second-order valence-electron chi connectivity index (χ2n) is 5.01. The average molecular weight is 350 g/mol. The molecule has 0 heterocycles. The molecule has 3 nitrogen and oxygen atoms in total. The Morgan fingerprint density at radius 2 is 1.48 bits per heavy atom. The zero-order chi connectivity index (χ0) is 16.9. The number of benzene rings is 2. The highest BCUT2D eigenvalue weighted by molar-refractivity contribution is 6.73. The summed E-state index contributed by atoms with van der Waals surface area (Å²) in [4.78, 5) is 14.7. The first-order valence-corrected chi connectivity index (χ1v) is 7.87. The molecule has 2 aromatic rings. The van der Waals surface area contributed by atoms with E-state index in [-0.39, 0.29) is 5.17 Å². The van der Waals surface area contributed by atoms with Gasteiger partial charge in [-0.05, 0) is 18.1 Å². The van der Waals surface area contributed by atoms with Crippen molar-refractivity contribution in [1.29, 1.82) is 0 Å². The van der Waals surface area contributed by atoms with Crippen LogP contribution in [-0.2, 0) is 14.4 Å². The quantitative estimate of drug-likeness (QED) is 0.456. The van der Waals surface area contributed by atoms with E-state index in [1.807, 2.05) is 60.7 Å². The third kappa shape index (κ3) is 3.74. The zero-order valence-electron chi connectivity index (χ0n) is 12.9. The van der Waals surface area contributed by atoms with Crippen LogP contribution in [0.25, 0.3) is 0 Å². The topological polar surface area (TPSA) is 38.7 Å². The van der Waals surface area contributed by atoms with E-state index >= 15 is 0 Å². The molecule has 0 amide bonds. The Morgan fingerprint density at radius 3 is 1.87 bits per heavy atom. The summed E-state index contributed by atoms with van der Waals surface area (Å²) >= 11 is 13.4. The molecule has 0 aromatic heterocycles. The van der Waals surface area contributed by atoms with Crippen molar-refractivity contribution in [3.05, 3.63) is 71.8 Å². The van der Waals surface area contributed by atoms with Crippen LogP contribution >= 0.6 is 23.2 Å². The molecule has 0 spiro atoms. The maximum atomic E-state index is 11.6. The van der Waals surface area contributed by atoms with Gasteiger partial charge >= 0.3 is 5.97 Å². The number of esters is 1. The van der Waals surface area contributed by atoms with E-state index in [0.29, 0.717) is 0 Å². The molecular weight excluding hydrogens is 333 g/mol. The number of hydrogen-bond donors (Lipinski definition) is 0. The number of carbonyl (C=O) groups is 1. The van der Waals surface area contributed by atoms with Gasteiger partial charge in [0.25, 0.3) is 0 Å². The number of hydrogen-bond acceptors (Lipinski definition) is 3. The van der Waals surface area contributed by atoms with Crippen molar-refractivity contribution in [3.63, 3.8) is 0 Å². The van der Waals surface area contributed by atoms with Crippen molar-refractivity contribution in [2.24, 2.45) is 4.99 Å². The molecule has 0 saturated carbocycles. The summed E-state index contributed by atoms with van der Waals surface area (Å²) in [5.74, 6) is -0.469. The minimum atomic E-state index is -1.16. The number of nitrogens with zero attached hydrogens (tertiary/aromatic N) is 1. The van der Waals surface area contributed by atoms with Crippen LogP contribution in [0.15, 0.2) is 65.7 Å². The predicted molar refractivity (Wildman–Crippen MR) is 94.3 cm³/mol. The van der Waals surface area contributed by atoms with Crippen molar-refractivity contribution in [3.8, 4) is 0 Å². The summed E-state index contributed by atoms with van der Waals surface area (Å²) in [6.07, 6.45) is 0. The van der Waals surface area contributed by atoms with E-state index in [1.54, 1.807) is 6.92 Å². The molecule has 0 fully saturated rings. The summed E-state index contributed by atoms with van der Waals surface area (Å²) in [7, 11) is 1.31. The van der Waals surface area contributed by atoms with Crippen LogP contribution in [0.5, 0.6) is 0 Å². The van der Waals surface area contributed by atoms with Crippen LogP contribution in [0, 0.1) is 0 Å². The van der Waals surface area contributed by atoms with E-state index in [2.05, 4.69) is 9.73 Å². The van der Waals surface area contributed by atoms with Crippen LogP contribution in [-0.4, -0.2) is 24.3 Å². The van der Waals surface area contributed by atoms with E-state index in [4.69, 9.17) is 23.2 Å². The SMILES string of the molecule is COC(=O)C(C)N=C(Cl)C(Cl)(c1ccccc1)c1ccccc1. The highest BCUT2D eigenvalue weighted by atomic mass is 35.5. The number of halogens is 2. The maximum absolute atomic E-state index is 11.6. The summed E-state index contributed by atoms with van der Waals surface area (Å²) in [6.45, 7) is 1.61. The molecule has 2 aromatic carbocycles. The second kappa shape index (κ2) is 7.62. The van der Waals surface area contributed by atoms with Crippen LogP contribution in [0.1, 0.15) is 18.1 Å². The smallest absolute Gasteiger partial charge is 0.330 e. The third-order valence-corrected chi connectivity index (χ3v) is 4.57. The third-order valence-electron chi connectivity index (χ3n) is 3.48. The summed E-state index contributed by atoms with van der Waals surface area (Å²) in [5, 5.41) is 0.120. The minimum Gasteiger partial charge on any atom is -0.467 e. The van der Waals surface area contributed by atoms with Crippen molar-refractivity contribution < 1.29 is 9.53 Å². The Bertz CT molecular complexity index is 647. The largest absolute Gasteiger partial charge is 0.467 e. The first-order chi connectivity index (χ1) is 11.0. The number of alkyl halides is 1. The van der Waals surface area contributed by atoms with Gasteiger partial charge in [-0.1, -0.05) is 72.3 Å². The first kappa shape index (κ1) is 17.5. The number of carbonyl (C=O) groups excluding carboxylic acids is 1. The lowest BCUT2D eigenvalue weighted by atomic mass is 9.91. The van der Waals surface area contributed by atoms with E-state index in [1.165, 1.54) is 7.11 Å². The van der Waals surface area contributed by atoms with Gasteiger partial charge in [-0.2, -0.15) is 0 Å². The molecular formula is C18H17Cl2NO2. The van der Waals surface area contributed by atoms with Gasteiger partial charge in [0.1, 0.15) is 16.1 Å². The Balaban J connectivity index is 2.55. The second-order valence-corrected chi connectivity index (χ2v) is 5.93. The standard InChI is InChI=1S/C18H17Cl2NO2/c1-13(16(22)23-2)21-17(19)18(20,14-9-5-3-6-10-14)15-11-7-4-8-12-15/h3-13H,1-2H3. The lowest BCUT2D eigenvalue weighted by Crippen LogP contribution is -2.30. The summed E-state index contributed by atoms with van der Waals surface area (Å²) in [6, 6.07) is 18.1. The van der Waals surface area contributed by atoms with Crippen molar-refractivity contribution in [2.75, 3.05) is 7.11 Å². The van der Waals surface area contributed by atoms with Gasteiger partial charge in [0.2, 0.25) is 0 Å². The molecule has 0 aliphatic rings. The fourth-order valence-corrected chi connectivity index (χ4v) is 2.89. The molecule has 0 aliphatic heterocycles. The fourth-order valence-electron chi connectivity index (χ4n) is 2.22. The molecule has 0 N–H and O–H groups in total. The van der Waals surface area contributed by atoms with Crippen molar-refractivity contribution in [2.45, 2.75) is 17.8 Å². The lowest BCUT2D eigenvalue weighted by molar-refractivity contribution is -0.141. The van der Waals surface area contributed by atoms with Crippen LogP contribution in [0.3, 0.4) is 0 Å². The van der Waals surface area contributed by atoms with Crippen LogP contribution in [0.4, 0.5) is 0 Å². The van der Waals surface area contributed by atoms with Crippen LogP contribution < -0.4 is 0 Å². The molecule has 0 saturated heterocycles. The van der Waals surface area contributed by atoms with Crippen LogP contribution in [0.2, 0.25) is 0 Å². The molecule has 0 aliphatic carbocycles. The summed E-state index contributed by atoms with van der Waals surface area (Å²) in [5.41, 5.74) is 1.55. The number of ether oxygens (including phenoxy) is 1. The normalized spacial score (nSPS) is 13.5. The van der Waals surface area contributed by atoms with Gasteiger partial charge in [0, 0.05) is 0 Å². The molecule has 2 rings (SSSR count). The number of aliphatic imine (C=N–C) groups is 1. The Hall–Kier alpha value is -1.84. The average Bonchev–Trinajstić information content (AvgIpc) is 2.61. The van der Waals surface area contributed by atoms with E-state index in [0.717, 1.165) is 11.1 Å². The maximum Gasteiger partial charge on any atom is 0.330 e. The zero-order valence-corrected chi connectivity index (χ0v) is 14.4. The van der Waals surface area contributed by atoms with Gasteiger partial charge in [-0.25, -0.2) is 4.79 Å². The minimum absolute atomic E-state index is 0.120. The Morgan fingerprint density at radius 1 is 1.04 bits per heavy atom. The van der Waals surface area contributed by atoms with Gasteiger partial charge < -0.3 is 4.74 Å². The fraction of sp³-hybridized carbons (Fsp3) is 0.222. The number of methoxy groups -OCH3 is 1. The highest BCUT2D eigenvalue weighted by Gasteiger charge is 2.37. The molecule has 5 heteroatoms. The Labute approximate surface area is 145 Å². The summed E-state index contributed by atoms with van der Waals surface area (Å²) < 4.78 is 4.69. The predicted octanol–water partition coefficient (Wildman–Crippen LogP) is 4.37. The molecule has 0 radical (unpaired) electrons. The molecule has 23 heavy (non-hydrogen) atoms. The van der Waals surface area contributed by atoms with E-state index in [9.17, 15) is 4.79 Å². The molecule has 1 unspecified atom stereocenters. The molecule has 0 bridgehead atoms. The molecule has 1 atom stereocenters. The Kier molecular flexibility index (Phi) is 5.80. The van der Waals surface area contributed by atoms with Gasteiger partial charge in [0.15, 0.2) is 0 Å². The van der Waals surface area contributed by atoms with Gasteiger partial charge in [-0.15, -0.1) is 11.6 Å². The molecule has 120 valence electrons. The van der Waals surface area contributed by atoms with Crippen molar-refractivity contribution >= 4 is 34.3 Å². The highest BCUT2D eigenvalue weighted by Crippen LogP contribution is 2.39. The van der Waals surface area contributed by atoms with Crippen molar-refractivity contribution in [1.82, 2.24) is 0 Å². The van der Waals surface area contributed by atoms with Gasteiger partial charge in [0.05, 0.1) is 7.11 Å². The monoisotopic (exact) mass is 349 g/mol. The lowest BCUT2D eigenvalue weighted by Gasteiger charge is -2.27. The van der Waals surface area contributed by atoms with Gasteiger partial charge in [-0.3, -0.25) is 4.99 Å². The first-order valence-electron chi connectivity index (χ1n) is 7.11. The number of rotatable bonds is 5.